The number of rotatable bonds is 3. The lowest BCUT2D eigenvalue weighted by atomic mass is 9.54. The van der Waals surface area contributed by atoms with Gasteiger partial charge in [0.2, 0.25) is 5.60 Å². The molecule has 2 N–H and O–H groups in total. The van der Waals surface area contributed by atoms with Gasteiger partial charge in [-0.15, -0.1) is 0 Å². The fourth-order valence-electron chi connectivity index (χ4n) is 6.96. The van der Waals surface area contributed by atoms with E-state index in [0.717, 1.165) is 0 Å². The fraction of sp³-hybridized carbons (Fsp3) is 0.783. The van der Waals surface area contributed by atoms with Gasteiger partial charge in [0.25, 0.3) is 0 Å². The van der Waals surface area contributed by atoms with E-state index < -0.39 is 67.0 Å². The molecule has 0 unspecified atom stereocenters. The highest BCUT2D eigenvalue weighted by Crippen LogP contribution is 2.62. The van der Waals surface area contributed by atoms with Gasteiger partial charge in [-0.25, -0.2) is 4.79 Å². The van der Waals surface area contributed by atoms with Crippen molar-refractivity contribution >= 4 is 26.0 Å². The molecule has 0 amide bonds. The molecule has 1 heterocycles. The number of carbonyl (C=O) groups excluding carboxylic acids is 3. The van der Waals surface area contributed by atoms with E-state index >= 15 is 0 Å². The molecule has 0 aromatic rings. The first-order valence-electron chi connectivity index (χ1n) is 11.3. The molecule has 8 nitrogen and oxygen atoms in total. The van der Waals surface area contributed by atoms with Gasteiger partial charge in [0.1, 0.15) is 5.60 Å². The van der Waals surface area contributed by atoms with Crippen LogP contribution in [0, 0.1) is 23.7 Å². The highest BCUT2D eigenvalue weighted by molar-refractivity contribution is 6.70. The maximum Gasteiger partial charge on any atom is 0.509 e. The van der Waals surface area contributed by atoms with Crippen molar-refractivity contribution in [1.82, 2.24) is 0 Å². The smallest absolute Gasteiger partial charge is 0.426 e. The molecule has 4 rings (SSSR count). The van der Waals surface area contributed by atoms with Gasteiger partial charge in [-0.3, -0.25) is 9.59 Å². The number of Topliss-reactive ketones (excluding diaryl/α,β-unsaturated/α-hetero) is 2. The summed E-state index contributed by atoms with van der Waals surface area (Å²) in [6.45, 7) is 14.9. The predicted molar refractivity (Wildman–Crippen MR) is 116 cm³/mol. The van der Waals surface area contributed by atoms with Gasteiger partial charge in [-0.05, 0) is 44.5 Å². The number of aliphatic hydroxyl groups excluding tert-OH is 1. The van der Waals surface area contributed by atoms with E-state index in [1.807, 2.05) is 26.6 Å². The molecular formula is C23H34O8Si. The molecular weight excluding hydrogens is 432 g/mol. The van der Waals surface area contributed by atoms with E-state index in [1.165, 1.54) is 6.92 Å². The predicted octanol–water partition coefficient (Wildman–Crippen LogP) is 2.37. The molecule has 0 aromatic heterocycles. The number of fused-ring (bicyclic) bond motifs is 5. The minimum absolute atomic E-state index is 0.0348. The summed E-state index contributed by atoms with van der Waals surface area (Å²) in [6.07, 6.45) is -3.01. The average molecular weight is 467 g/mol. The molecule has 9 heteroatoms. The summed E-state index contributed by atoms with van der Waals surface area (Å²) in [5, 5.41) is 23.9. The number of ether oxygens (including phenoxy) is 2. The Morgan fingerprint density at radius 3 is 2.44 bits per heavy atom. The molecule has 0 spiro atoms. The number of aliphatic hydroxyl groups is 2. The van der Waals surface area contributed by atoms with Gasteiger partial charge in [0.15, 0.2) is 26.0 Å². The van der Waals surface area contributed by atoms with Crippen molar-refractivity contribution in [2.24, 2.45) is 23.7 Å². The number of ketones is 2. The molecule has 32 heavy (non-hydrogen) atoms. The van der Waals surface area contributed by atoms with Gasteiger partial charge in [0.05, 0.1) is 17.6 Å². The monoisotopic (exact) mass is 466 g/mol. The van der Waals surface area contributed by atoms with Crippen LogP contribution in [-0.2, 0) is 23.5 Å². The summed E-state index contributed by atoms with van der Waals surface area (Å²) < 4.78 is 17.5. The minimum atomic E-state index is -2.29. The normalized spacial score (nSPS) is 48.3. The van der Waals surface area contributed by atoms with Crippen LogP contribution in [0.3, 0.4) is 0 Å². The van der Waals surface area contributed by atoms with Crippen molar-refractivity contribution in [3.8, 4) is 0 Å². The number of hydrogen-bond donors (Lipinski definition) is 2. The van der Waals surface area contributed by atoms with E-state index in [1.54, 1.807) is 6.92 Å². The lowest BCUT2D eigenvalue weighted by Crippen LogP contribution is -2.71. The second-order valence-electron chi connectivity index (χ2n) is 11.3. The van der Waals surface area contributed by atoms with Gasteiger partial charge in [-0.2, -0.15) is 0 Å². The maximum absolute atomic E-state index is 13.6. The summed E-state index contributed by atoms with van der Waals surface area (Å²) in [5.41, 5.74) is -4.23. The molecule has 4 fully saturated rings. The van der Waals surface area contributed by atoms with E-state index in [0.29, 0.717) is 12.0 Å². The molecule has 0 aromatic carbocycles. The SMILES string of the molecule is C=C1C[C@]2(O[Si](C)(C)C)C(=O)[C@@H](C)C[C@H]2[C@]2(O)[C@H]([C@H]3OC(=O)O[C@@]3(C(C)=O)C[C@H]2C)[C@H]1O. The zero-order valence-corrected chi connectivity index (χ0v) is 20.6. The second kappa shape index (κ2) is 6.98. The molecule has 9 atom stereocenters. The summed E-state index contributed by atoms with van der Waals surface area (Å²) in [6, 6.07) is 0. The van der Waals surface area contributed by atoms with Crippen LogP contribution in [0.25, 0.3) is 0 Å². The quantitative estimate of drug-likeness (QED) is 0.370. The first-order valence-corrected chi connectivity index (χ1v) is 14.7. The van der Waals surface area contributed by atoms with Gasteiger partial charge < -0.3 is 24.1 Å². The summed E-state index contributed by atoms with van der Waals surface area (Å²) in [5.74, 6) is -3.16. The van der Waals surface area contributed by atoms with Crippen LogP contribution in [0.15, 0.2) is 12.2 Å². The van der Waals surface area contributed by atoms with Crippen LogP contribution in [0.1, 0.15) is 40.0 Å². The van der Waals surface area contributed by atoms with E-state index in [9.17, 15) is 24.6 Å². The molecule has 3 aliphatic carbocycles. The topological polar surface area (TPSA) is 119 Å². The third kappa shape index (κ3) is 2.94. The molecule has 0 radical (unpaired) electrons. The molecule has 178 valence electrons. The Bertz CT molecular complexity index is 895. The molecule has 1 aliphatic heterocycles. The summed E-state index contributed by atoms with van der Waals surface area (Å²) >= 11 is 0. The van der Waals surface area contributed by atoms with Crippen LogP contribution >= 0.6 is 0 Å². The average Bonchev–Trinajstić information content (AvgIpc) is 3.08. The molecule has 3 saturated carbocycles. The van der Waals surface area contributed by atoms with Crippen molar-refractivity contribution in [1.29, 1.82) is 0 Å². The van der Waals surface area contributed by atoms with Gasteiger partial charge in [0, 0.05) is 24.7 Å². The zero-order valence-electron chi connectivity index (χ0n) is 19.6. The van der Waals surface area contributed by atoms with Crippen LogP contribution in [-0.4, -0.2) is 65.3 Å². The Morgan fingerprint density at radius 2 is 1.88 bits per heavy atom. The first-order chi connectivity index (χ1) is 14.6. The highest BCUT2D eigenvalue weighted by Gasteiger charge is 2.76. The second-order valence-corrected chi connectivity index (χ2v) is 15.7. The number of hydrogen-bond acceptors (Lipinski definition) is 8. The Kier molecular flexibility index (Phi) is 5.14. The van der Waals surface area contributed by atoms with Crippen LogP contribution in [0.2, 0.25) is 19.6 Å². The lowest BCUT2D eigenvalue weighted by molar-refractivity contribution is -0.229. The Balaban J connectivity index is 1.95. The maximum atomic E-state index is 13.6. The van der Waals surface area contributed by atoms with Crippen molar-refractivity contribution in [3.63, 3.8) is 0 Å². The minimum Gasteiger partial charge on any atom is -0.426 e. The van der Waals surface area contributed by atoms with E-state index in [-0.39, 0.29) is 24.5 Å². The number of carbonyl (C=O) groups is 3. The van der Waals surface area contributed by atoms with Crippen molar-refractivity contribution in [3.05, 3.63) is 12.2 Å². The van der Waals surface area contributed by atoms with Crippen molar-refractivity contribution < 1.29 is 38.5 Å². The van der Waals surface area contributed by atoms with Crippen LogP contribution in [0.4, 0.5) is 4.79 Å². The van der Waals surface area contributed by atoms with Crippen molar-refractivity contribution in [2.45, 2.75) is 88.7 Å². The molecule has 1 saturated heterocycles. The van der Waals surface area contributed by atoms with Crippen LogP contribution in [0.5, 0.6) is 0 Å². The summed E-state index contributed by atoms with van der Waals surface area (Å²) in [4.78, 5) is 38.5. The van der Waals surface area contributed by atoms with Gasteiger partial charge in [-0.1, -0.05) is 20.4 Å². The lowest BCUT2D eigenvalue weighted by Gasteiger charge is -2.56. The summed E-state index contributed by atoms with van der Waals surface area (Å²) in [7, 11) is -2.29. The zero-order chi connectivity index (χ0) is 24.0. The fourth-order valence-corrected chi connectivity index (χ4v) is 8.37. The Labute approximate surface area is 189 Å². The Morgan fingerprint density at radius 1 is 1.25 bits per heavy atom. The molecule has 4 aliphatic rings. The Hall–Kier alpha value is -1.55. The third-order valence-electron chi connectivity index (χ3n) is 8.11. The highest BCUT2D eigenvalue weighted by atomic mass is 28.4. The van der Waals surface area contributed by atoms with Crippen LogP contribution < -0.4 is 0 Å². The van der Waals surface area contributed by atoms with E-state index in [4.69, 9.17) is 13.9 Å². The van der Waals surface area contributed by atoms with Crippen molar-refractivity contribution in [2.75, 3.05) is 0 Å². The van der Waals surface area contributed by atoms with E-state index in [2.05, 4.69) is 6.58 Å². The standard InChI is InChI=1S/C23H34O8Si/c1-11-8-15-22(18(11)26,31-32(5,6)7)9-12(2)17(25)16-19-21(14(4)24,30-20(27)29-19)10-13(3)23(15,16)28/h11,13,15-17,19,25,28H,2,8-10H2,1,3-7H3/t11-,13+,15+,16-,17-,19+,21+,22+,23-/m0/s1. The molecule has 0 bridgehead atoms. The third-order valence-corrected chi connectivity index (χ3v) is 9.09. The van der Waals surface area contributed by atoms with Gasteiger partial charge >= 0.3 is 6.16 Å². The largest absolute Gasteiger partial charge is 0.509 e. The first kappa shape index (κ1) is 23.6.